The highest BCUT2D eigenvalue weighted by atomic mass is 19.4. The number of carbonyl (C=O) groups is 4. The molecule has 7 fully saturated rings. The minimum atomic E-state index is -4.69. The molecule has 1 aliphatic carbocycles. The number of alkyl halides is 3. The Bertz CT molecular complexity index is 1630. The molecule has 0 aromatic heterocycles. The standard InChI is InChI=1S/C8H14O2.C7H14O.C5H5F3O2.C5H10O2.C5H8O2.C5H10O.C5H8O.C4H8O2.C4H6O2.C4H8O.2C3H6O/c1-9-5-6-2-3-7-8(4-6)10-7;1-3-4-7(2)5-8-6-7;1-3(4(9)10-2)5(6,7)8;1-5(3-6-2)4-7-5;1-4(2)5(6)7-3;1-4-5(2,3)6-4;1-3-5(6)4-2;1-5-2-4-3-6-4;1-3-4(5)6-2;1-3-4-5-2;1-3-2-4-3;1-3-4-2/h6-8H,2-5H2,1H3;3-6H2,1-2H3;1H2,2H3;3-4H2,1-2H3;1H2,2-3H3;4H,1-3H3;3H,1,4H2,2H3;4H,2-3H2,1H3;3H,1H2,2H3;3H,1,4H2,2H3;3H,2H2,1H3;3H,1H2,2H3. The Kier molecular flexibility index (Phi) is 52.4. The first-order valence-corrected chi connectivity index (χ1v) is 25.8. The van der Waals surface area contributed by atoms with Crippen molar-refractivity contribution in [3.8, 4) is 0 Å². The van der Waals surface area contributed by atoms with Gasteiger partial charge in [0, 0.05) is 58.5 Å². The third-order valence-electron chi connectivity index (χ3n) is 10.7. The molecule has 6 heterocycles. The van der Waals surface area contributed by atoms with Crippen LogP contribution in [-0.4, -0.2) is 188 Å². The predicted octanol–water partition coefficient (Wildman–Crippen LogP) is 10.2. The van der Waals surface area contributed by atoms with Gasteiger partial charge in [-0.1, -0.05) is 66.2 Å². The summed E-state index contributed by atoms with van der Waals surface area (Å²) >= 11 is 0. The van der Waals surface area contributed by atoms with Crippen molar-refractivity contribution in [3.63, 3.8) is 0 Å². The van der Waals surface area contributed by atoms with Crippen LogP contribution < -0.4 is 0 Å². The van der Waals surface area contributed by atoms with Crippen LogP contribution in [0.1, 0.15) is 101 Å². The number of ether oxygens (including phenoxy) is 14. The number of hydrogen-bond donors (Lipinski definition) is 0. The van der Waals surface area contributed by atoms with Gasteiger partial charge in [0.25, 0.3) is 0 Å². The second-order valence-corrected chi connectivity index (χ2v) is 19.1. The largest absolute Gasteiger partial charge is 0.505 e. The second-order valence-electron chi connectivity index (χ2n) is 19.1. The van der Waals surface area contributed by atoms with E-state index in [1.54, 1.807) is 48.5 Å². The van der Waals surface area contributed by atoms with Crippen LogP contribution in [0, 0.1) is 11.3 Å². The van der Waals surface area contributed by atoms with Crippen LogP contribution in [0.25, 0.3) is 0 Å². The van der Waals surface area contributed by atoms with Crippen LogP contribution in [0.15, 0.2) is 75.1 Å². The predicted molar refractivity (Wildman–Crippen MR) is 301 cm³/mol. The molecule has 21 heteroatoms. The Morgan fingerprint density at radius 2 is 1.22 bits per heavy atom. The monoisotopic (exact) mass is 1140 g/mol. The van der Waals surface area contributed by atoms with E-state index in [0.717, 1.165) is 72.0 Å². The summed E-state index contributed by atoms with van der Waals surface area (Å²) in [4.78, 5) is 40.2. The van der Waals surface area contributed by atoms with Gasteiger partial charge in [0.15, 0.2) is 5.78 Å². The van der Waals surface area contributed by atoms with Crippen LogP contribution in [0.5, 0.6) is 0 Å². The molecule has 0 aromatic rings. The molecule has 0 amide bonds. The highest BCUT2D eigenvalue weighted by Crippen LogP contribution is 2.39. The number of rotatable bonds is 16. The molecule has 6 aliphatic heterocycles. The normalized spacial score (nSPS) is 22.8. The number of halogens is 3. The summed E-state index contributed by atoms with van der Waals surface area (Å²) in [7, 11) is 11.9. The lowest BCUT2D eigenvalue weighted by Crippen LogP contribution is -2.39. The summed E-state index contributed by atoms with van der Waals surface area (Å²) < 4.78 is 100. The third kappa shape index (κ3) is 56.8. The van der Waals surface area contributed by atoms with Crippen molar-refractivity contribution in [2.45, 2.75) is 149 Å². The number of fused-ring (bicyclic) bond motifs is 1. The summed E-state index contributed by atoms with van der Waals surface area (Å²) in [6.45, 7) is 45.1. The zero-order valence-corrected chi connectivity index (χ0v) is 51.1. The van der Waals surface area contributed by atoms with E-state index < -0.39 is 23.7 Å². The SMILES string of the molecule is C=C(C(=O)OC)C(F)(F)F.C=C(C)C(=O)OC.C=CC(=O)CC.C=CC(=O)OC.C=CCOC.C=COC.CC1CO1.CC1OC1(C)C.CCCC1(C)COC1.COCC1(C)CO1.COCC1CCC2OC2C1.COCC1CO1. The number of ketones is 1. The molecule has 7 rings (SSSR count). The molecule has 0 spiro atoms. The summed E-state index contributed by atoms with van der Waals surface area (Å²) in [5.41, 5.74) is -0.221. The molecule has 0 N–H and O–H groups in total. The van der Waals surface area contributed by atoms with Crippen molar-refractivity contribution in [2.24, 2.45) is 11.3 Å². The minimum Gasteiger partial charge on any atom is -0.505 e. The van der Waals surface area contributed by atoms with Crippen molar-refractivity contribution < 1.29 is 98.7 Å². The van der Waals surface area contributed by atoms with Gasteiger partial charge >= 0.3 is 24.1 Å². The molecule has 464 valence electrons. The van der Waals surface area contributed by atoms with Gasteiger partial charge in [-0.2, -0.15) is 13.2 Å². The van der Waals surface area contributed by atoms with Gasteiger partial charge in [0.05, 0.1) is 118 Å². The van der Waals surface area contributed by atoms with E-state index in [1.165, 1.54) is 58.7 Å². The number of esters is 3. The zero-order chi connectivity index (χ0) is 62.3. The molecule has 0 radical (unpaired) electrons. The van der Waals surface area contributed by atoms with Crippen LogP contribution >= 0.6 is 0 Å². The van der Waals surface area contributed by atoms with E-state index in [1.807, 2.05) is 13.8 Å². The topological polar surface area (TPSA) is 214 Å². The quantitative estimate of drug-likeness (QED) is 0.0351. The van der Waals surface area contributed by atoms with Crippen LogP contribution in [0.2, 0.25) is 0 Å². The smallest absolute Gasteiger partial charge is 0.422 e. The number of allylic oxidation sites excluding steroid dienone is 1. The first-order chi connectivity index (χ1) is 36.9. The Hall–Kier alpha value is -4.29. The summed E-state index contributed by atoms with van der Waals surface area (Å²) in [5.74, 6) is -1.31. The van der Waals surface area contributed by atoms with Crippen molar-refractivity contribution >= 4 is 23.7 Å². The average molecular weight is 1150 g/mol. The van der Waals surface area contributed by atoms with E-state index in [-0.39, 0.29) is 23.0 Å². The fraction of sp³-hybridized carbons (Fsp3) is 0.724. The molecule has 0 bridgehead atoms. The number of epoxide rings is 5. The van der Waals surface area contributed by atoms with Crippen molar-refractivity contribution in [1.82, 2.24) is 0 Å². The second kappa shape index (κ2) is 49.5. The summed E-state index contributed by atoms with van der Waals surface area (Å²) in [6.07, 6.45) is 10.6. The lowest BCUT2D eigenvalue weighted by molar-refractivity contribution is -0.148. The van der Waals surface area contributed by atoms with E-state index in [2.05, 4.69) is 105 Å². The van der Waals surface area contributed by atoms with Crippen molar-refractivity contribution in [2.75, 3.05) is 116 Å². The highest BCUT2D eigenvalue weighted by Gasteiger charge is 2.44. The third-order valence-corrected chi connectivity index (χ3v) is 10.7. The van der Waals surface area contributed by atoms with E-state index >= 15 is 0 Å². The first kappa shape index (κ1) is 83.5. The Morgan fingerprint density at radius 1 is 0.722 bits per heavy atom. The molecule has 18 nitrogen and oxygen atoms in total. The van der Waals surface area contributed by atoms with Gasteiger partial charge in [0.1, 0.15) is 17.3 Å². The number of hydrogen-bond acceptors (Lipinski definition) is 18. The number of methoxy groups -OCH3 is 8. The Morgan fingerprint density at radius 3 is 1.35 bits per heavy atom. The first-order valence-electron chi connectivity index (χ1n) is 25.8. The molecule has 7 unspecified atom stereocenters. The lowest BCUT2D eigenvalue weighted by Gasteiger charge is -2.37. The Labute approximate surface area is 472 Å². The van der Waals surface area contributed by atoms with Gasteiger partial charge < -0.3 is 66.3 Å². The maximum absolute atomic E-state index is 11.5. The molecule has 0 aromatic carbocycles. The van der Waals surface area contributed by atoms with Gasteiger partial charge in [-0.15, -0.1) is 6.58 Å². The molecule has 7 aliphatic rings. The minimum absolute atomic E-state index is 0.0781. The van der Waals surface area contributed by atoms with Crippen LogP contribution in [-0.2, 0) is 85.5 Å². The molecule has 1 saturated carbocycles. The van der Waals surface area contributed by atoms with Gasteiger partial charge in [-0.05, 0) is 79.2 Å². The molecular weight excluding hydrogens is 1040 g/mol. The maximum atomic E-state index is 11.5. The van der Waals surface area contributed by atoms with Crippen molar-refractivity contribution in [1.29, 1.82) is 0 Å². The van der Waals surface area contributed by atoms with Gasteiger partial charge in [0.2, 0.25) is 0 Å². The highest BCUT2D eigenvalue weighted by molar-refractivity contribution is 5.89. The van der Waals surface area contributed by atoms with Crippen LogP contribution in [0.3, 0.4) is 0 Å². The molecular formula is C58H103F3O18. The molecule has 6 saturated heterocycles. The Balaban J connectivity index is -0.000000255. The summed E-state index contributed by atoms with van der Waals surface area (Å²) in [5, 5.41) is 0. The number of carbonyl (C=O) groups excluding carboxylic acids is 4. The van der Waals surface area contributed by atoms with E-state index in [0.29, 0.717) is 54.5 Å². The van der Waals surface area contributed by atoms with E-state index in [4.69, 9.17) is 42.6 Å². The fourth-order valence-corrected chi connectivity index (χ4v) is 5.21. The summed E-state index contributed by atoms with van der Waals surface area (Å²) in [6, 6.07) is 0. The fourth-order valence-electron chi connectivity index (χ4n) is 5.21. The van der Waals surface area contributed by atoms with Gasteiger partial charge in [-0.3, -0.25) is 4.79 Å². The maximum Gasteiger partial charge on any atom is 0.422 e. The van der Waals surface area contributed by atoms with Crippen LogP contribution in [0.4, 0.5) is 13.2 Å². The average Bonchev–Trinajstić information content (AvgIpc) is 4.09. The van der Waals surface area contributed by atoms with Crippen molar-refractivity contribution in [3.05, 3.63) is 75.1 Å². The van der Waals surface area contributed by atoms with E-state index in [9.17, 15) is 32.3 Å². The zero-order valence-electron chi connectivity index (χ0n) is 51.1. The molecule has 7 atom stereocenters. The molecule has 79 heavy (non-hydrogen) atoms. The lowest BCUT2D eigenvalue weighted by atomic mass is 9.84. The van der Waals surface area contributed by atoms with Gasteiger partial charge in [-0.25, -0.2) is 14.4 Å².